The van der Waals surface area contributed by atoms with E-state index in [9.17, 15) is 16.8 Å². The van der Waals surface area contributed by atoms with E-state index in [0.717, 1.165) is 0 Å². The molecule has 0 saturated carbocycles. The summed E-state index contributed by atoms with van der Waals surface area (Å²) >= 11 is 0. The van der Waals surface area contributed by atoms with E-state index >= 15 is 0 Å². The highest BCUT2D eigenvalue weighted by molar-refractivity contribution is 7.93. The molecule has 104 valence electrons. The van der Waals surface area contributed by atoms with E-state index in [0.29, 0.717) is 4.41 Å². The van der Waals surface area contributed by atoms with Gasteiger partial charge in [0.1, 0.15) is 0 Å². The summed E-state index contributed by atoms with van der Waals surface area (Å²) in [4.78, 5) is 2.06. The third-order valence-corrected chi connectivity index (χ3v) is 6.79. The van der Waals surface area contributed by atoms with Crippen LogP contribution < -0.4 is 4.83 Å². The second-order valence-corrected chi connectivity index (χ2v) is 10.9. The lowest BCUT2D eigenvalue weighted by Gasteiger charge is -2.29. The van der Waals surface area contributed by atoms with E-state index in [1.807, 2.05) is 0 Å². The maximum absolute atomic E-state index is 12.0. The maximum Gasteiger partial charge on any atom is 0.232 e. The van der Waals surface area contributed by atoms with Gasteiger partial charge in [0.05, 0.1) is 9.49 Å². The molecule has 0 saturated heterocycles. The molecule has 0 aromatic heterocycles. The number of hydrazine groups is 1. The van der Waals surface area contributed by atoms with Crippen LogP contribution >= 0.6 is 0 Å². The average Bonchev–Trinajstić information content (AvgIpc) is 1.98. The number of nitrogens with one attached hydrogen (secondary N) is 1. The molecule has 0 aliphatic carbocycles. The highest BCUT2D eigenvalue weighted by Crippen LogP contribution is 2.20. The summed E-state index contributed by atoms with van der Waals surface area (Å²) in [6.07, 6.45) is 0. The van der Waals surface area contributed by atoms with Crippen molar-refractivity contribution in [3.8, 4) is 0 Å². The van der Waals surface area contributed by atoms with E-state index in [2.05, 4.69) is 4.83 Å². The van der Waals surface area contributed by atoms with Crippen LogP contribution in [0.1, 0.15) is 41.5 Å². The summed E-state index contributed by atoms with van der Waals surface area (Å²) in [6, 6.07) is 0. The fourth-order valence-electron chi connectivity index (χ4n) is 0.766. The smallest absolute Gasteiger partial charge is 0.211 e. The predicted octanol–water partition coefficient (Wildman–Crippen LogP) is 0.679. The van der Waals surface area contributed by atoms with E-state index in [1.165, 1.54) is 48.6 Å². The average molecular weight is 286 g/mol. The standard InChI is InChI=1S/C9H22N2O4S2/c1-8(2,3)16(12,13)10-11(7)17(14,15)9(4,5)6/h10H,1-7H3. The molecule has 1 N–H and O–H groups in total. The minimum absolute atomic E-state index is 0.660. The monoisotopic (exact) mass is 286 g/mol. The topological polar surface area (TPSA) is 83.6 Å². The van der Waals surface area contributed by atoms with Crippen LogP contribution in [0.4, 0.5) is 0 Å². The maximum atomic E-state index is 12.0. The molecule has 0 fully saturated rings. The van der Waals surface area contributed by atoms with Gasteiger partial charge >= 0.3 is 0 Å². The molecule has 0 bridgehead atoms. The van der Waals surface area contributed by atoms with Crippen molar-refractivity contribution in [2.45, 2.75) is 51.0 Å². The molecule has 0 rings (SSSR count). The first kappa shape index (κ1) is 16.8. The van der Waals surface area contributed by atoms with Gasteiger partial charge in [-0.15, -0.1) is 9.25 Å². The summed E-state index contributed by atoms with van der Waals surface area (Å²) in [5.41, 5.74) is 0. The molecule has 17 heavy (non-hydrogen) atoms. The van der Waals surface area contributed by atoms with Gasteiger partial charge in [0, 0.05) is 7.05 Å². The van der Waals surface area contributed by atoms with Gasteiger partial charge in [0.25, 0.3) is 0 Å². The van der Waals surface area contributed by atoms with E-state index in [-0.39, 0.29) is 0 Å². The fourth-order valence-corrected chi connectivity index (χ4v) is 2.89. The summed E-state index contributed by atoms with van der Waals surface area (Å²) < 4.78 is 46.1. The Morgan fingerprint density at radius 3 is 1.41 bits per heavy atom. The summed E-state index contributed by atoms with van der Waals surface area (Å²) in [5.74, 6) is 0. The van der Waals surface area contributed by atoms with Crippen LogP contribution in [0.25, 0.3) is 0 Å². The summed E-state index contributed by atoms with van der Waals surface area (Å²) in [6.45, 7) is 8.99. The van der Waals surface area contributed by atoms with Gasteiger partial charge in [-0.05, 0) is 41.5 Å². The molecule has 8 heteroatoms. The number of hydrogen-bond donors (Lipinski definition) is 1. The fraction of sp³-hybridized carbons (Fsp3) is 1.00. The van der Waals surface area contributed by atoms with Crippen molar-refractivity contribution in [3.05, 3.63) is 0 Å². The number of hydrogen-bond acceptors (Lipinski definition) is 4. The van der Waals surface area contributed by atoms with Crippen molar-refractivity contribution < 1.29 is 16.8 Å². The predicted molar refractivity (Wildman–Crippen MR) is 68.2 cm³/mol. The third kappa shape index (κ3) is 3.64. The Labute approximate surface area is 104 Å². The van der Waals surface area contributed by atoms with Crippen molar-refractivity contribution in [1.82, 2.24) is 9.25 Å². The zero-order valence-corrected chi connectivity index (χ0v) is 13.0. The molecular weight excluding hydrogens is 264 g/mol. The highest BCUT2D eigenvalue weighted by Gasteiger charge is 2.38. The lowest BCUT2D eigenvalue weighted by Crippen LogP contribution is -2.53. The van der Waals surface area contributed by atoms with Gasteiger partial charge < -0.3 is 0 Å². The van der Waals surface area contributed by atoms with Gasteiger partial charge in [0.2, 0.25) is 20.0 Å². The molecule has 0 atom stereocenters. The third-order valence-electron chi connectivity index (χ3n) is 2.19. The van der Waals surface area contributed by atoms with Gasteiger partial charge in [-0.25, -0.2) is 16.8 Å². The zero-order valence-electron chi connectivity index (χ0n) is 11.4. The Kier molecular flexibility index (Phi) is 4.44. The molecule has 0 aromatic carbocycles. The number of rotatable bonds is 3. The van der Waals surface area contributed by atoms with E-state index < -0.39 is 29.5 Å². The van der Waals surface area contributed by atoms with Crippen LogP contribution in [-0.2, 0) is 20.0 Å². The second kappa shape index (κ2) is 4.49. The molecular formula is C9H22N2O4S2. The number of nitrogens with zero attached hydrogens (tertiary/aromatic N) is 1. The molecule has 0 unspecified atom stereocenters. The normalized spacial score (nSPS) is 15.3. The first-order valence-corrected chi connectivity index (χ1v) is 8.06. The SMILES string of the molecule is CN(NS(=O)(=O)C(C)(C)C)S(=O)(=O)C(C)(C)C. The minimum Gasteiger partial charge on any atom is -0.211 e. The largest absolute Gasteiger partial charge is 0.232 e. The van der Waals surface area contributed by atoms with Crippen molar-refractivity contribution >= 4 is 20.0 Å². The minimum atomic E-state index is -3.74. The van der Waals surface area contributed by atoms with Gasteiger partial charge in [-0.2, -0.15) is 0 Å². The number of sulfonamides is 2. The molecule has 6 nitrogen and oxygen atoms in total. The Balaban J connectivity index is 5.25. The lowest BCUT2D eigenvalue weighted by atomic mass is 10.3. The first-order chi connectivity index (χ1) is 7.13. The molecule has 0 spiro atoms. The molecule has 0 heterocycles. The van der Waals surface area contributed by atoms with Crippen molar-refractivity contribution in [2.75, 3.05) is 7.05 Å². The molecule has 0 amide bonds. The van der Waals surface area contributed by atoms with Crippen LogP contribution in [0.5, 0.6) is 0 Å². The molecule has 0 radical (unpaired) electrons. The lowest BCUT2D eigenvalue weighted by molar-refractivity contribution is 0.406. The molecule has 0 aromatic rings. The van der Waals surface area contributed by atoms with Crippen LogP contribution in [0, 0.1) is 0 Å². The quantitative estimate of drug-likeness (QED) is 0.773. The van der Waals surface area contributed by atoms with Crippen LogP contribution in [0.15, 0.2) is 0 Å². The van der Waals surface area contributed by atoms with E-state index in [1.54, 1.807) is 0 Å². The Morgan fingerprint density at radius 1 is 0.824 bits per heavy atom. The van der Waals surface area contributed by atoms with Crippen molar-refractivity contribution in [3.63, 3.8) is 0 Å². The van der Waals surface area contributed by atoms with Crippen LogP contribution in [0.3, 0.4) is 0 Å². The molecule has 0 aliphatic heterocycles. The van der Waals surface area contributed by atoms with Crippen molar-refractivity contribution in [2.24, 2.45) is 0 Å². The Morgan fingerprint density at radius 2 is 1.18 bits per heavy atom. The Bertz CT molecular complexity index is 466. The van der Waals surface area contributed by atoms with Crippen molar-refractivity contribution in [1.29, 1.82) is 0 Å². The summed E-state index contributed by atoms with van der Waals surface area (Å²) in [7, 11) is -6.29. The van der Waals surface area contributed by atoms with E-state index in [4.69, 9.17) is 0 Å². The first-order valence-electron chi connectivity index (χ1n) is 5.13. The zero-order chi connectivity index (χ0) is 14.3. The second-order valence-electron chi connectivity index (χ2n) is 5.79. The summed E-state index contributed by atoms with van der Waals surface area (Å²) in [5, 5.41) is 0. The molecule has 0 aliphatic rings. The van der Waals surface area contributed by atoms with Crippen LogP contribution in [-0.4, -0.2) is 37.8 Å². The Hall–Kier alpha value is -0.180. The highest BCUT2D eigenvalue weighted by atomic mass is 32.2. The van der Waals surface area contributed by atoms with Gasteiger partial charge in [-0.3, -0.25) is 0 Å². The van der Waals surface area contributed by atoms with Gasteiger partial charge in [0.15, 0.2) is 0 Å². The van der Waals surface area contributed by atoms with Gasteiger partial charge in [-0.1, -0.05) is 0 Å². The van der Waals surface area contributed by atoms with Crippen LogP contribution in [0.2, 0.25) is 0 Å².